The van der Waals surface area contributed by atoms with Crippen molar-refractivity contribution in [3.05, 3.63) is 11.9 Å². The Labute approximate surface area is 119 Å². The van der Waals surface area contributed by atoms with Crippen molar-refractivity contribution in [3.8, 4) is 0 Å². The average Bonchev–Trinajstić information content (AvgIpc) is 2.33. The zero-order valence-electron chi connectivity index (χ0n) is 12.7. The predicted molar refractivity (Wildman–Crippen MR) is 80.3 cm³/mol. The van der Waals surface area contributed by atoms with Gasteiger partial charge in [-0.3, -0.25) is 4.79 Å². The van der Waals surface area contributed by atoms with Crippen molar-refractivity contribution in [2.45, 2.75) is 46.1 Å². The fourth-order valence-corrected chi connectivity index (χ4v) is 1.52. The second-order valence-electron chi connectivity index (χ2n) is 5.95. The average molecular weight is 280 g/mol. The van der Waals surface area contributed by atoms with Gasteiger partial charge in [0.1, 0.15) is 17.5 Å². The Hall–Kier alpha value is -1.89. The van der Waals surface area contributed by atoms with Gasteiger partial charge in [0, 0.05) is 17.5 Å². The molecule has 0 radical (unpaired) electrons. The molecule has 5 N–H and O–H groups in total. The molecule has 0 saturated heterocycles. The SMILES string of the molecule is CC(C)c1nc(NN)cc(NCC(=O)NC(C)(C)C)n1. The molecule has 1 amide bonds. The molecule has 1 aromatic rings. The van der Waals surface area contributed by atoms with E-state index in [0.29, 0.717) is 17.5 Å². The van der Waals surface area contributed by atoms with Gasteiger partial charge in [-0.2, -0.15) is 0 Å². The highest BCUT2D eigenvalue weighted by Gasteiger charge is 2.14. The van der Waals surface area contributed by atoms with E-state index in [2.05, 4.69) is 26.0 Å². The zero-order valence-corrected chi connectivity index (χ0v) is 12.7. The number of nitrogens with two attached hydrogens (primary N) is 1. The van der Waals surface area contributed by atoms with Gasteiger partial charge >= 0.3 is 0 Å². The van der Waals surface area contributed by atoms with E-state index in [1.165, 1.54) is 0 Å². The molecule has 1 aromatic heterocycles. The number of amides is 1. The molecule has 0 aliphatic heterocycles. The van der Waals surface area contributed by atoms with E-state index in [4.69, 9.17) is 5.84 Å². The van der Waals surface area contributed by atoms with E-state index in [9.17, 15) is 4.79 Å². The Kier molecular flexibility index (Phi) is 5.26. The Morgan fingerprint density at radius 1 is 1.30 bits per heavy atom. The third kappa shape index (κ3) is 5.40. The fraction of sp³-hybridized carbons (Fsp3) is 0.615. The van der Waals surface area contributed by atoms with Gasteiger partial charge in [-0.1, -0.05) is 13.8 Å². The minimum absolute atomic E-state index is 0.0931. The summed E-state index contributed by atoms with van der Waals surface area (Å²) in [7, 11) is 0. The van der Waals surface area contributed by atoms with Gasteiger partial charge in [0.2, 0.25) is 5.91 Å². The number of hydrogen-bond donors (Lipinski definition) is 4. The van der Waals surface area contributed by atoms with Crippen LogP contribution in [0.15, 0.2) is 6.07 Å². The summed E-state index contributed by atoms with van der Waals surface area (Å²) >= 11 is 0. The van der Waals surface area contributed by atoms with Crippen LogP contribution in [-0.4, -0.2) is 28.0 Å². The molecule has 0 fully saturated rings. The zero-order chi connectivity index (χ0) is 15.3. The molecule has 0 unspecified atom stereocenters. The molecule has 0 bridgehead atoms. The second kappa shape index (κ2) is 6.51. The lowest BCUT2D eigenvalue weighted by Gasteiger charge is -2.20. The summed E-state index contributed by atoms with van der Waals surface area (Å²) in [5, 5.41) is 5.85. The van der Waals surface area contributed by atoms with Gasteiger partial charge in [-0.15, -0.1) is 0 Å². The molecule has 112 valence electrons. The van der Waals surface area contributed by atoms with E-state index in [-0.39, 0.29) is 23.9 Å². The van der Waals surface area contributed by atoms with Crippen LogP contribution in [0.2, 0.25) is 0 Å². The minimum Gasteiger partial charge on any atom is -0.361 e. The van der Waals surface area contributed by atoms with Crippen molar-refractivity contribution in [2.75, 3.05) is 17.3 Å². The first-order valence-corrected chi connectivity index (χ1v) is 6.62. The molecule has 0 saturated carbocycles. The number of aromatic nitrogens is 2. The maximum absolute atomic E-state index is 11.7. The number of carbonyl (C=O) groups excluding carboxylic acids is 1. The molecule has 0 aromatic carbocycles. The van der Waals surface area contributed by atoms with Crippen molar-refractivity contribution in [1.29, 1.82) is 0 Å². The Morgan fingerprint density at radius 3 is 2.40 bits per heavy atom. The Balaban J connectivity index is 2.72. The molecular weight excluding hydrogens is 256 g/mol. The lowest BCUT2D eigenvalue weighted by molar-refractivity contribution is -0.120. The molecule has 7 nitrogen and oxygen atoms in total. The van der Waals surface area contributed by atoms with E-state index >= 15 is 0 Å². The highest BCUT2D eigenvalue weighted by Crippen LogP contribution is 2.16. The largest absolute Gasteiger partial charge is 0.361 e. The summed E-state index contributed by atoms with van der Waals surface area (Å²) in [4.78, 5) is 20.3. The van der Waals surface area contributed by atoms with Crippen molar-refractivity contribution in [1.82, 2.24) is 15.3 Å². The lowest BCUT2D eigenvalue weighted by Crippen LogP contribution is -2.43. The normalized spacial score (nSPS) is 11.3. The van der Waals surface area contributed by atoms with E-state index in [1.807, 2.05) is 34.6 Å². The maximum Gasteiger partial charge on any atom is 0.239 e. The summed E-state index contributed by atoms with van der Waals surface area (Å²) < 4.78 is 0. The molecule has 0 spiro atoms. The Morgan fingerprint density at radius 2 is 1.90 bits per heavy atom. The number of nitrogens with one attached hydrogen (secondary N) is 3. The first-order valence-electron chi connectivity index (χ1n) is 6.62. The van der Waals surface area contributed by atoms with Gasteiger partial charge in [0.15, 0.2) is 0 Å². The van der Waals surface area contributed by atoms with Crippen molar-refractivity contribution >= 4 is 17.5 Å². The van der Waals surface area contributed by atoms with Crippen molar-refractivity contribution in [2.24, 2.45) is 5.84 Å². The van der Waals surface area contributed by atoms with E-state index in [1.54, 1.807) is 6.07 Å². The molecular formula is C13H24N6O. The number of rotatable bonds is 5. The van der Waals surface area contributed by atoms with Gasteiger partial charge in [0.25, 0.3) is 0 Å². The van der Waals surface area contributed by atoms with Crippen LogP contribution in [0.1, 0.15) is 46.4 Å². The van der Waals surface area contributed by atoms with Gasteiger partial charge in [-0.25, -0.2) is 15.8 Å². The van der Waals surface area contributed by atoms with E-state index < -0.39 is 0 Å². The van der Waals surface area contributed by atoms with Crippen LogP contribution in [0.4, 0.5) is 11.6 Å². The first kappa shape index (κ1) is 16.2. The number of nitrogen functional groups attached to an aromatic ring is 1. The monoisotopic (exact) mass is 280 g/mol. The highest BCUT2D eigenvalue weighted by atomic mass is 16.2. The first-order chi connectivity index (χ1) is 9.21. The van der Waals surface area contributed by atoms with Gasteiger partial charge in [-0.05, 0) is 20.8 Å². The van der Waals surface area contributed by atoms with Gasteiger partial charge in [0.05, 0.1) is 6.54 Å². The van der Waals surface area contributed by atoms with Crippen molar-refractivity contribution < 1.29 is 4.79 Å². The third-order valence-corrected chi connectivity index (χ3v) is 2.35. The second-order valence-corrected chi connectivity index (χ2v) is 5.95. The van der Waals surface area contributed by atoms with Crippen LogP contribution >= 0.6 is 0 Å². The van der Waals surface area contributed by atoms with Crippen LogP contribution in [0.5, 0.6) is 0 Å². The van der Waals surface area contributed by atoms with Crippen LogP contribution in [0.3, 0.4) is 0 Å². The number of nitrogens with zero attached hydrogens (tertiary/aromatic N) is 2. The number of hydrazine groups is 1. The van der Waals surface area contributed by atoms with Crippen LogP contribution in [-0.2, 0) is 4.79 Å². The lowest BCUT2D eigenvalue weighted by atomic mass is 10.1. The van der Waals surface area contributed by atoms with E-state index in [0.717, 1.165) is 0 Å². The highest BCUT2D eigenvalue weighted by molar-refractivity contribution is 5.81. The summed E-state index contributed by atoms with van der Waals surface area (Å²) in [6.07, 6.45) is 0. The molecule has 0 atom stereocenters. The smallest absolute Gasteiger partial charge is 0.239 e. The molecule has 0 aliphatic carbocycles. The molecule has 0 aliphatic rings. The summed E-state index contributed by atoms with van der Waals surface area (Å²) in [6, 6.07) is 1.66. The van der Waals surface area contributed by atoms with Crippen molar-refractivity contribution in [3.63, 3.8) is 0 Å². The third-order valence-electron chi connectivity index (χ3n) is 2.35. The fourth-order valence-electron chi connectivity index (χ4n) is 1.52. The molecule has 7 heteroatoms. The predicted octanol–water partition coefficient (Wildman–Crippen LogP) is 1.21. The summed E-state index contributed by atoms with van der Waals surface area (Å²) in [5.74, 6) is 7.21. The maximum atomic E-state index is 11.7. The quantitative estimate of drug-likeness (QED) is 0.477. The number of hydrogen-bond acceptors (Lipinski definition) is 6. The Bertz CT molecular complexity index is 466. The topological polar surface area (TPSA) is 105 Å². The minimum atomic E-state index is -0.252. The van der Waals surface area contributed by atoms with Crippen LogP contribution < -0.4 is 21.9 Å². The number of carbonyl (C=O) groups is 1. The molecule has 1 heterocycles. The van der Waals surface area contributed by atoms with Gasteiger partial charge < -0.3 is 16.1 Å². The standard InChI is InChI=1S/C13H24N6O/c1-8(2)12-16-9(6-10(17-12)19-14)15-7-11(20)18-13(3,4)5/h6,8H,7,14H2,1-5H3,(H,18,20)(H2,15,16,17,19). The summed E-state index contributed by atoms with van der Waals surface area (Å²) in [6.45, 7) is 9.93. The summed E-state index contributed by atoms with van der Waals surface area (Å²) in [5.41, 5.74) is 2.24. The molecule has 20 heavy (non-hydrogen) atoms. The number of anilines is 2. The van der Waals surface area contributed by atoms with Crippen LogP contribution in [0, 0.1) is 0 Å². The van der Waals surface area contributed by atoms with Crippen LogP contribution in [0.25, 0.3) is 0 Å². The molecule has 1 rings (SSSR count).